The third-order valence-corrected chi connectivity index (χ3v) is 5.37. The number of aryl methyl sites for hydroxylation is 1. The molecule has 1 aromatic heterocycles. The molecular weight excluding hydrogens is 271 g/mol. The minimum absolute atomic E-state index is 0.164. The number of hydrogen-bond donors (Lipinski definition) is 0. The Hall–Kier alpha value is -0.0000000000000000555. The molecule has 0 saturated heterocycles. The fourth-order valence-electron chi connectivity index (χ4n) is 1.19. The quantitative estimate of drug-likeness (QED) is 0.613. The molecular formula is C8H14ClN2O3PS. The number of aromatic nitrogens is 2. The van der Waals surface area contributed by atoms with Crippen molar-refractivity contribution < 1.29 is 13.6 Å². The van der Waals surface area contributed by atoms with Crippen LogP contribution in [0, 0.1) is 0 Å². The van der Waals surface area contributed by atoms with Crippen LogP contribution in [0.25, 0.3) is 0 Å². The van der Waals surface area contributed by atoms with E-state index in [9.17, 15) is 4.57 Å². The zero-order valence-electron chi connectivity index (χ0n) is 9.56. The van der Waals surface area contributed by atoms with Gasteiger partial charge in [0.2, 0.25) is 0 Å². The number of nitrogens with zero attached hydrogens (tertiary/aromatic N) is 2. The van der Waals surface area contributed by atoms with Gasteiger partial charge in [-0.3, -0.25) is 9.25 Å². The summed E-state index contributed by atoms with van der Waals surface area (Å²) in [7, 11) is 0.976. The molecule has 0 saturated carbocycles. The lowest BCUT2D eigenvalue weighted by molar-refractivity contribution is 0.286. The van der Waals surface area contributed by atoms with Crippen molar-refractivity contribution >= 4 is 36.4 Å². The second kappa shape index (κ2) is 5.56. The Morgan fingerprint density at radius 3 is 2.50 bits per heavy atom. The van der Waals surface area contributed by atoms with E-state index >= 15 is 0 Å². The summed E-state index contributed by atoms with van der Waals surface area (Å²) in [5.41, 5.74) is 0.164. The van der Waals surface area contributed by atoms with Gasteiger partial charge in [0.25, 0.3) is 0 Å². The van der Waals surface area contributed by atoms with Crippen LogP contribution < -0.4 is 5.44 Å². The lowest BCUT2D eigenvalue weighted by atomic mass is 10.7. The van der Waals surface area contributed by atoms with Crippen molar-refractivity contribution in [2.75, 3.05) is 20.0 Å². The van der Waals surface area contributed by atoms with Crippen LogP contribution >= 0.6 is 31.0 Å². The average Bonchev–Trinajstić information content (AvgIpc) is 2.57. The molecule has 8 heteroatoms. The summed E-state index contributed by atoms with van der Waals surface area (Å²) in [4.78, 5) is 0. The second-order valence-electron chi connectivity index (χ2n) is 2.86. The van der Waals surface area contributed by atoms with Gasteiger partial charge in [-0.25, -0.2) is 0 Å². The first-order valence-electron chi connectivity index (χ1n) is 4.57. The fraction of sp³-hybridized carbons (Fsp3) is 0.625. The molecule has 1 rings (SSSR count). The van der Waals surface area contributed by atoms with Crippen molar-refractivity contribution in [2.24, 2.45) is 7.05 Å². The third-order valence-electron chi connectivity index (χ3n) is 1.94. The summed E-state index contributed by atoms with van der Waals surface area (Å²) in [5, 5.41) is 5.19. The van der Waals surface area contributed by atoms with Gasteiger partial charge in [0.05, 0.1) is 0 Å². The molecule has 0 aliphatic rings. The molecule has 0 radical (unpaired) electrons. The van der Waals surface area contributed by atoms with Crippen molar-refractivity contribution in [3.05, 3.63) is 5.02 Å². The Balaban J connectivity index is 3.26. The molecule has 1 aromatic rings. The van der Waals surface area contributed by atoms with Crippen LogP contribution in [0.2, 0.25) is 5.02 Å². The van der Waals surface area contributed by atoms with Crippen molar-refractivity contribution in [1.29, 1.82) is 0 Å². The summed E-state index contributed by atoms with van der Waals surface area (Å²) in [6.45, 7) is 2.00. The van der Waals surface area contributed by atoms with Crippen LogP contribution in [0.4, 0.5) is 0 Å². The summed E-state index contributed by atoms with van der Waals surface area (Å²) in [6.07, 6.45) is 0. The summed E-state index contributed by atoms with van der Waals surface area (Å²) >= 11 is 7.64. The van der Waals surface area contributed by atoms with Crippen LogP contribution in [0.15, 0.2) is 5.03 Å². The molecule has 0 unspecified atom stereocenters. The number of hydrogen-bond acceptors (Lipinski definition) is 5. The highest BCUT2D eigenvalue weighted by atomic mass is 35.5. The van der Waals surface area contributed by atoms with E-state index in [1.54, 1.807) is 11.7 Å². The first-order chi connectivity index (χ1) is 7.50. The SMILES string of the molecule is CCSc1c(Cl)c(P(=O)(OC)OC)nn1C. The van der Waals surface area contributed by atoms with Gasteiger partial charge in [0.15, 0.2) is 5.44 Å². The standard InChI is InChI=1S/C8H14ClN2O3PS/c1-5-16-8-6(9)7(10-11(8)2)15(12,13-3)14-4/h5H2,1-4H3. The summed E-state index contributed by atoms with van der Waals surface area (Å²) in [6, 6.07) is 0. The molecule has 0 spiro atoms. The topological polar surface area (TPSA) is 53.4 Å². The summed E-state index contributed by atoms with van der Waals surface area (Å²) in [5.74, 6) is 0.850. The maximum absolute atomic E-state index is 12.1. The minimum Gasteiger partial charge on any atom is -0.307 e. The van der Waals surface area contributed by atoms with Crippen molar-refractivity contribution in [1.82, 2.24) is 9.78 Å². The minimum atomic E-state index is -3.38. The fourth-order valence-corrected chi connectivity index (χ4v) is 3.70. The van der Waals surface area contributed by atoms with E-state index < -0.39 is 7.60 Å². The van der Waals surface area contributed by atoms with E-state index in [0.717, 1.165) is 10.8 Å². The van der Waals surface area contributed by atoms with Gasteiger partial charge < -0.3 is 9.05 Å². The molecule has 0 aliphatic heterocycles. The highest BCUT2D eigenvalue weighted by Gasteiger charge is 2.33. The van der Waals surface area contributed by atoms with Crippen LogP contribution in [0.5, 0.6) is 0 Å². The highest BCUT2D eigenvalue weighted by molar-refractivity contribution is 7.99. The van der Waals surface area contributed by atoms with Gasteiger partial charge in [-0.1, -0.05) is 18.5 Å². The van der Waals surface area contributed by atoms with Crippen LogP contribution in [-0.4, -0.2) is 29.8 Å². The molecule has 0 atom stereocenters. The monoisotopic (exact) mass is 284 g/mol. The van der Waals surface area contributed by atoms with Gasteiger partial charge >= 0.3 is 7.60 Å². The summed E-state index contributed by atoms with van der Waals surface area (Å²) < 4.78 is 23.4. The normalized spacial score (nSPS) is 12.1. The molecule has 1 heterocycles. The Labute approximate surface area is 104 Å². The molecule has 0 aromatic carbocycles. The first kappa shape index (κ1) is 14.1. The van der Waals surface area contributed by atoms with Crippen LogP contribution in [0.3, 0.4) is 0 Å². The first-order valence-corrected chi connectivity index (χ1v) is 7.48. The number of halogens is 1. The van der Waals surface area contributed by atoms with Gasteiger partial charge in [-0.2, -0.15) is 5.10 Å². The average molecular weight is 285 g/mol. The molecule has 0 N–H and O–H groups in total. The maximum Gasteiger partial charge on any atom is 0.382 e. The zero-order chi connectivity index (χ0) is 12.3. The molecule has 5 nitrogen and oxygen atoms in total. The maximum atomic E-state index is 12.1. The van der Waals surface area contributed by atoms with Crippen molar-refractivity contribution in [2.45, 2.75) is 11.9 Å². The van der Waals surface area contributed by atoms with E-state index in [2.05, 4.69) is 5.10 Å². The Morgan fingerprint density at radius 1 is 1.50 bits per heavy atom. The Morgan fingerprint density at radius 2 is 2.06 bits per heavy atom. The zero-order valence-corrected chi connectivity index (χ0v) is 12.0. The van der Waals surface area contributed by atoms with E-state index in [1.807, 2.05) is 6.92 Å². The molecule has 0 amide bonds. The van der Waals surface area contributed by atoms with E-state index in [1.165, 1.54) is 26.0 Å². The van der Waals surface area contributed by atoms with E-state index in [-0.39, 0.29) is 5.44 Å². The lowest BCUT2D eigenvalue weighted by Gasteiger charge is -2.10. The highest BCUT2D eigenvalue weighted by Crippen LogP contribution is 2.47. The number of rotatable bonds is 5. The predicted molar refractivity (Wildman–Crippen MR) is 65.9 cm³/mol. The van der Waals surface area contributed by atoms with Gasteiger partial charge in [-0.15, -0.1) is 11.8 Å². The molecule has 0 aliphatic carbocycles. The lowest BCUT2D eigenvalue weighted by Crippen LogP contribution is -2.11. The number of thioether (sulfide) groups is 1. The molecule has 0 fully saturated rings. The van der Waals surface area contributed by atoms with Crippen molar-refractivity contribution in [3.8, 4) is 0 Å². The van der Waals surface area contributed by atoms with E-state index in [0.29, 0.717) is 5.02 Å². The van der Waals surface area contributed by atoms with E-state index in [4.69, 9.17) is 20.6 Å². The molecule has 92 valence electrons. The van der Waals surface area contributed by atoms with Gasteiger partial charge in [-0.05, 0) is 5.75 Å². The Bertz CT molecular complexity index is 416. The van der Waals surface area contributed by atoms with Crippen LogP contribution in [0.1, 0.15) is 6.92 Å². The molecule has 0 bridgehead atoms. The third kappa shape index (κ3) is 2.46. The smallest absolute Gasteiger partial charge is 0.307 e. The van der Waals surface area contributed by atoms with Crippen LogP contribution in [-0.2, 0) is 20.7 Å². The van der Waals surface area contributed by atoms with Crippen molar-refractivity contribution in [3.63, 3.8) is 0 Å². The largest absolute Gasteiger partial charge is 0.382 e. The Kier molecular flexibility index (Phi) is 4.88. The van der Waals surface area contributed by atoms with Gasteiger partial charge in [0, 0.05) is 21.3 Å². The second-order valence-corrected chi connectivity index (χ2v) is 6.64. The van der Waals surface area contributed by atoms with Gasteiger partial charge in [0.1, 0.15) is 10.0 Å². The predicted octanol–water partition coefficient (Wildman–Crippen LogP) is 2.30. The molecule has 16 heavy (non-hydrogen) atoms.